The van der Waals surface area contributed by atoms with Crippen molar-refractivity contribution in [3.63, 3.8) is 0 Å². The van der Waals surface area contributed by atoms with Gasteiger partial charge in [0.2, 0.25) is 0 Å². The predicted molar refractivity (Wildman–Crippen MR) is 120 cm³/mol. The lowest BCUT2D eigenvalue weighted by molar-refractivity contribution is 0.374. The van der Waals surface area contributed by atoms with Gasteiger partial charge in [-0.1, -0.05) is 13.0 Å². The van der Waals surface area contributed by atoms with Crippen molar-refractivity contribution in [3.8, 4) is 23.0 Å². The number of benzene rings is 2. The van der Waals surface area contributed by atoms with Crippen LogP contribution in [0.2, 0.25) is 0 Å². The molecule has 2 rings (SSSR count). The summed E-state index contributed by atoms with van der Waals surface area (Å²) in [6.07, 6.45) is 2.42. The molecule has 0 unspecified atom stereocenters. The minimum absolute atomic E-state index is 0.144. The second-order valence-electron chi connectivity index (χ2n) is 6.52. The van der Waals surface area contributed by atoms with Crippen molar-refractivity contribution in [2.75, 3.05) is 40.3 Å². The Hall–Kier alpha value is -2.87. The molecule has 0 radical (unpaired) electrons. The highest BCUT2D eigenvalue weighted by Gasteiger charge is 2.14. The van der Waals surface area contributed by atoms with Crippen molar-refractivity contribution in [2.24, 2.45) is 0 Å². The summed E-state index contributed by atoms with van der Waals surface area (Å²) in [6, 6.07) is 8.65. The highest BCUT2D eigenvalue weighted by atomic mass is 32.2. The number of anilines is 1. The maximum absolute atomic E-state index is 12.7. The number of nitrogens with one attached hydrogen (secondary N) is 1. The van der Waals surface area contributed by atoms with E-state index < -0.39 is 9.84 Å². The first-order chi connectivity index (χ1) is 14.4. The molecule has 0 aliphatic carbocycles. The lowest BCUT2D eigenvalue weighted by Crippen LogP contribution is -2.05. The Morgan fingerprint density at radius 2 is 1.53 bits per heavy atom. The van der Waals surface area contributed by atoms with Crippen LogP contribution in [0.5, 0.6) is 23.0 Å². The maximum Gasteiger partial charge on any atom is 0.175 e. The second-order valence-corrected chi connectivity index (χ2v) is 8.40. The van der Waals surface area contributed by atoms with Crippen LogP contribution in [0.1, 0.15) is 24.5 Å². The topological polar surface area (TPSA) is 83.1 Å². The molecule has 0 spiro atoms. The Bertz CT molecular complexity index is 960. The molecule has 0 saturated heterocycles. The second kappa shape index (κ2) is 10.8. The van der Waals surface area contributed by atoms with E-state index in [-0.39, 0.29) is 5.75 Å². The molecule has 0 bridgehead atoms. The first-order valence-corrected chi connectivity index (χ1v) is 11.2. The quantitative estimate of drug-likeness (QED) is 0.568. The van der Waals surface area contributed by atoms with Gasteiger partial charge in [0.1, 0.15) is 23.0 Å². The fourth-order valence-electron chi connectivity index (χ4n) is 2.89. The average Bonchev–Trinajstić information content (AvgIpc) is 2.75. The zero-order chi connectivity index (χ0) is 22.1. The maximum atomic E-state index is 12.7. The Labute approximate surface area is 178 Å². The number of ether oxygens (including phenoxy) is 4. The summed E-state index contributed by atoms with van der Waals surface area (Å²) in [4.78, 5) is 0. The first-order valence-electron chi connectivity index (χ1n) is 9.49. The van der Waals surface area contributed by atoms with Crippen molar-refractivity contribution in [3.05, 3.63) is 46.9 Å². The zero-order valence-electron chi connectivity index (χ0n) is 18.0. The smallest absolute Gasteiger partial charge is 0.175 e. The van der Waals surface area contributed by atoms with Gasteiger partial charge in [0.25, 0.3) is 0 Å². The van der Waals surface area contributed by atoms with Crippen molar-refractivity contribution < 1.29 is 27.4 Å². The van der Waals surface area contributed by atoms with Crippen LogP contribution in [0.15, 0.2) is 35.7 Å². The van der Waals surface area contributed by atoms with Crippen LogP contribution in [0, 0.1) is 0 Å². The highest BCUT2D eigenvalue weighted by Crippen LogP contribution is 2.35. The number of methoxy groups -OCH3 is 4. The van der Waals surface area contributed by atoms with Gasteiger partial charge >= 0.3 is 0 Å². The molecule has 2 aromatic carbocycles. The fraction of sp³-hybridized carbons (Fsp3) is 0.364. The molecule has 30 heavy (non-hydrogen) atoms. The minimum Gasteiger partial charge on any atom is -0.496 e. The van der Waals surface area contributed by atoms with Crippen LogP contribution in [0.4, 0.5) is 5.69 Å². The van der Waals surface area contributed by atoms with Gasteiger partial charge < -0.3 is 24.3 Å². The monoisotopic (exact) mass is 435 g/mol. The molecule has 8 heteroatoms. The molecule has 0 aromatic heterocycles. The molecule has 164 valence electrons. The normalized spacial score (nSPS) is 11.4. The van der Waals surface area contributed by atoms with E-state index in [1.165, 1.54) is 32.8 Å². The van der Waals surface area contributed by atoms with Crippen molar-refractivity contribution in [1.82, 2.24) is 0 Å². The van der Waals surface area contributed by atoms with Gasteiger partial charge in [0.05, 0.1) is 45.4 Å². The summed E-state index contributed by atoms with van der Waals surface area (Å²) in [5.74, 6) is 1.98. The van der Waals surface area contributed by atoms with Crippen LogP contribution in [-0.2, 0) is 15.6 Å². The van der Waals surface area contributed by atoms with E-state index in [2.05, 4.69) is 12.2 Å². The third kappa shape index (κ3) is 6.06. The summed E-state index contributed by atoms with van der Waals surface area (Å²) in [5.41, 5.74) is 1.95. The number of rotatable bonds is 11. The van der Waals surface area contributed by atoms with Gasteiger partial charge in [0, 0.05) is 24.1 Å². The zero-order valence-corrected chi connectivity index (χ0v) is 18.8. The summed E-state index contributed by atoms with van der Waals surface area (Å²) in [7, 11) is 2.58. The van der Waals surface area contributed by atoms with Crippen molar-refractivity contribution >= 4 is 21.6 Å². The van der Waals surface area contributed by atoms with Gasteiger partial charge in [-0.3, -0.25) is 0 Å². The molecule has 0 fully saturated rings. The summed E-state index contributed by atoms with van der Waals surface area (Å²) < 4.78 is 46.7. The molecular formula is C22H29NO6S. The Morgan fingerprint density at radius 1 is 0.900 bits per heavy atom. The van der Waals surface area contributed by atoms with Gasteiger partial charge in [-0.25, -0.2) is 8.42 Å². The molecule has 7 nitrogen and oxygen atoms in total. The molecule has 0 atom stereocenters. The SMILES string of the molecule is CCCNc1cc(CS(=O)(=O)/C=C/c2c(OC)cc(OC)cc2OC)ccc1OC. The predicted octanol–water partition coefficient (Wildman–Crippen LogP) is 4.13. The van der Waals surface area contributed by atoms with Crippen LogP contribution in [0.3, 0.4) is 0 Å². The molecule has 2 aromatic rings. The van der Waals surface area contributed by atoms with Crippen LogP contribution >= 0.6 is 0 Å². The summed E-state index contributed by atoms with van der Waals surface area (Å²) >= 11 is 0. The van der Waals surface area contributed by atoms with Crippen LogP contribution in [0.25, 0.3) is 6.08 Å². The standard InChI is InChI=1S/C22H29NO6S/c1-6-10-23-19-12-16(7-8-20(19)27-3)15-30(24,25)11-9-18-21(28-4)13-17(26-2)14-22(18)29-5/h7-9,11-14,23H,6,10,15H2,1-5H3/b11-9+. The summed E-state index contributed by atoms with van der Waals surface area (Å²) in [5, 5.41) is 4.43. The van der Waals surface area contributed by atoms with E-state index >= 15 is 0 Å². The van der Waals surface area contributed by atoms with Crippen LogP contribution in [-0.4, -0.2) is 43.4 Å². The molecule has 1 N–H and O–H groups in total. The van der Waals surface area contributed by atoms with Gasteiger partial charge in [-0.15, -0.1) is 0 Å². The molecular weight excluding hydrogens is 406 g/mol. The van der Waals surface area contributed by atoms with E-state index in [0.717, 1.165) is 18.7 Å². The third-order valence-electron chi connectivity index (χ3n) is 4.39. The van der Waals surface area contributed by atoms with E-state index in [0.29, 0.717) is 34.1 Å². The van der Waals surface area contributed by atoms with E-state index in [1.807, 2.05) is 0 Å². The van der Waals surface area contributed by atoms with Gasteiger partial charge in [-0.05, 0) is 30.2 Å². The molecule has 0 amide bonds. The largest absolute Gasteiger partial charge is 0.496 e. The number of sulfone groups is 1. The lowest BCUT2D eigenvalue weighted by Gasteiger charge is -2.13. The van der Waals surface area contributed by atoms with Crippen LogP contribution < -0.4 is 24.3 Å². The highest BCUT2D eigenvalue weighted by molar-refractivity contribution is 7.93. The minimum atomic E-state index is -3.55. The average molecular weight is 436 g/mol. The van der Waals surface area contributed by atoms with E-state index in [1.54, 1.807) is 37.4 Å². The molecule has 0 aliphatic rings. The number of hydrogen-bond donors (Lipinski definition) is 1. The van der Waals surface area contributed by atoms with E-state index in [9.17, 15) is 8.42 Å². The third-order valence-corrected chi connectivity index (χ3v) is 5.68. The fourth-order valence-corrected chi connectivity index (χ4v) is 3.98. The van der Waals surface area contributed by atoms with E-state index in [4.69, 9.17) is 18.9 Å². The molecule has 0 aliphatic heterocycles. The van der Waals surface area contributed by atoms with Gasteiger partial charge in [-0.2, -0.15) is 0 Å². The Morgan fingerprint density at radius 3 is 2.07 bits per heavy atom. The van der Waals surface area contributed by atoms with Gasteiger partial charge in [0.15, 0.2) is 9.84 Å². The Balaban J connectivity index is 2.30. The molecule has 0 saturated carbocycles. The number of hydrogen-bond acceptors (Lipinski definition) is 7. The molecule has 0 heterocycles. The Kier molecular flexibility index (Phi) is 8.41. The van der Waals surface area contributed by atoms with Crippen molar-refractivity contribution in [2.45, 2.75) is 19.1 Å². The first kappa shape index (κ1) is 23.4. The summed E-state index contributed by atoms with van der Waals surface area (Å²) in [6.45, 7) is 2.82. The van der Waals surface area contributed by atoms with Crippen molar-refractivity contribution in [1.29, 1.82) is 0 Å². The lowest BCUT2D eigenvalue weighted by atomic mass is 10.1.